The average Bonchev–Trinajstić information content (AvgIpc) is 2.85. The van der Waals surface area contributed by atoms with E-state index in [1.54, 1.807) is 12.1 Å². The molecule has 1 aliphatic rings. The van der Waals surface area contributed by atoms with Crippen LogP contribution in [0.1, 0.15) is 17.8 Å². The number of rotatable bonds is 3. The van der Waals surface area contributed by atoms with Crippen LogP contribution in [0.4, 0.5) is 0 Å². The molecule has 5 nitrogen and oxygen atoms in total. The van der Waals surface area contributed by atoms with Gasteiger partial charge < -0.3 is 19.0 Å². The minimum absolute atomic E-state index is 0.461. The fourth-order valence-electron chi connectivity index (χ4n) is 1.26. The van der Waals surface area contributed by atoms with Crippen LogP contribution < -0.4 is 0 Å². The topological polar surface area (TPSA) is 68.9 Å². The SMILES string of the molecule is O=C(O)/C=C/c1ccc(C2OCCO2)o1. The third kappa shape index (κ3) is 2.45. The van der Waals surface area contributed by atoms with Gasteiger partial charge in [-0.05, 0) is 18.2 Å². The number of hydrogen-bond acceptors (Lipinski definition) is 4. The van der Waals surface area contributed by atoms with Crippen LogP contribution >= 0.6 is 0 Å². The lowest BCUT2D eigenvalue weighted by Gasteiger charge is -2.03. The smallest absolute Gasteiger partial charge is 0.328 e. The lowest BCUT2D eigenvalue weighted by Crippen LogP contribution is -1.94. The van der Waals surface area contributed by atoms with Gasteiger partial charge in [-0.3, -0.25) is 0 Å². The maximum atomic E-state index is 10.3. The maximum Gasteiger partial charge on any atom is 0.328 e. The summed E-state index contributed by atoms with van der Waals surface area (Å²) in [5.41, 5.74) is 0. The first-order valence-electron chi connectivity index (χ1n) is 4.49. The van der Waals surface area contributed by atoms with Crippen LogP contribution in [0, 0.1) is 0 Å². The average molecular weight is 210 g/mol. The van der Waals surface area contributed by atoms with E-state index in [2.05, 4.69) is 0 Å². The Bertz CT molecular complexity index is 373. The van der Waals surface area contributed by atoms with Gasteiger partial charge in [-0.25, -0.2) is 4.79 Å². The highest BCUT2D eigenvalue weighted by molar-refractivity contribution is 5.84. The number of furan rings is 1. The number of carbonyl (C=O) groups is 1. The van der Waals surface area contributed by atoms with Crippen molar-refractivity contribution in [3.05, 3.63) is 29.7 Å². The van der Waals surface area contributed by atoms with Gasteiger partial charge in [0.05, 0.1) is 13.2 Å². The van der Waals surface area contributed by atoms with Gasteiger partial charge in [-0.2, -0.15) is 0 Å². The summed E-state index contributed by atoms with van der Waals surface area (Å²) in [4.78, 5) is 10.3. The minimum Gasteiger partial charge on any atom is -0.478 e. The van der Waals surface area contributed by atoms with Crippen molar-refractivity contribution in [3.63, 3.8) is 0 Å². The predicted molar refractivity (Wildman–Crippen MR) is 50.0 cm³/mol. The molecule has 0 aliphatic carbocycles. The van der Waals surface area contributed by atoms with E-state index in [-0.39, 0.29) is 0 Å². The molecule has 5 heteroatoms. The van der Waals surface area contributed by atoms with E-state index in [0.717, 1.165) is 6.08 Å². The van der Waals surface area contributed by atoms with Crippen LogP contribution in [0.15, 0.2) is 22.6 Å². The van der Waals surface area contributed by atoms with E-state index < -0.39 is 12.3 Å². The molecule has 0 saturated carbocycles. The van der Waals surface area contributed by atoms with E-state index in [1.165, 1.54) is 6.08 Å². The Morgan fingerprint density at radius 1 is 1.40 bits per heavy atom. The normalized spacial score (nSPS) is 17.6. The van der Waals surface area contributed by atoms with Crippen molar-refractivity contribution in [3.8, 4) is 0 Å². The molecule has 1 saturated heterocycles. The van der Waals surface area contributed by atoms with Crippen molar-refractivity contribution in [2.45, 2.75) is 6.29 Å². The second kappa shape index (κ2) is 4.29. The summed E-state index contributed by atoms with van der Waals surface area (Å²) in [6.45, 7) is 1.09. The van der Waals surface area contributed by atoms with E-state index in [1.807, 2.05) is 0 Å². The van der Waals surface area contributed by atoms with Crippen LogP contribution in [-0.2, 0) is 14.3 Å². The first-order valence-corrected chi connectivity index (χ1v) is 4.49. The first kappa shape index (κ1) is 9.95. The van der Waals surface area contributed by atoms with Gasteiger partial charge in [-0.15, -0.1) is 0 Å². The van der Waals surface area contributed by atoms with E-state index in [9.17, 15) is 4.79 Å². The molecule has 1 N–H and O–H groups in total. The summed E-state index contributed by atoms with van der Waals surface area (Å²) in [6.07, 6.45) is 1.93. The Labute approximate surface area is 85.9 Å². The summed E-state index contributed by atoms with van der Waals surface area (Å²) in [7, 11) is 0. The Kier molecular flexibility index (Phi) is 2.84. The Balaban J connectivity index is 2.06. The largest absolute Gasteiger partial charge is 0.478 e. The molecule has 1 aromatic heterocycles. The first-order chi connectivity index (χ1) is 7.25. The van der Waals surface area contributed by atoms with Crippen molar-refractivity contribution >= 4 is 12.0 Å². The van der Waals surface area contributed by atoms with Crippen molar-refractivity contribution in [1.82, 2.24) is 0 Å². The highest BCUT2D eigenvalue weighted by atomic mass is 16.7. The highest BCUT2D eigenvalue weighted by Crippen LogP contribution is 2.25. The molecule has 0 amide bonds. The third-order valence-corrected chi connectivity index (χ3v) is 1.89. The molecule has 15 heavy (non-hydrogen) atoms. The highest BCUT2D eigenvalue weighted by Gasteiger charge is 2.21. The van der Waals surface area contributed by atoms with Crippen molar-refractivity contribution < 1.29 is 23.8 Å². The molecule has 80 valence electrons. The minimum atomic E-state index is -1.01. The Morgan fingerprint density at radius 2 is 2.13 bits per heavy atom. The summed E-state index contributed by atoms with van der Waals surface area (Å²) in [5, 5.41) is 8.42. The van der Waals surface area contributed by atoms with E-state index in [0.29, 0.717) is 24.7 Å². The molecular formula is C10H10O5. The number of aliphatic carboxylic acids is 1. The molecule has 1 fully saturated rings. The Morgan fingerprint density at radius 3 is 2.80 bits per heavy atom. The second-order valence-electron chi connectivity index (χ2n) is 2.99. The van der Waals surface area contributed by atoms with Crippen molar-refractivity contribution in [1.29, 1.82) is 0 Å². The quantitative estimate of drug-likeness (QED) is 0.764. The fraction of sp³-hybridized carbons (Fsp3) is 0.300. The lowest BCUT2D eigenvalue weighted by atomic mass is 10.4. The zero-order valence-corrected chi connectivity index (χ0v) is 7.88. The number of hydrogen-bond donors (Lipinski definition) is 1. The van der Waals surface area contributed by atoms with Gasteiger partial charge in [0.25, 0.3) is 0 Å². The summed E-state index contributed by atoms with van der Waals surface area (Å²) in [5.74, 6) is 0.00496. The van der Waals surface area contributed by atoms with Crippen LogP contribution in [0.5, 0.6) is 0 Å². The van der Waals surface area contributed by atoms with Crippen LogP contribution in [-0.4, -0.2) is 24.3 Å². The molecule has 2 heterocycles. The molecule has 0 unspecified atom stereocenters. The van der Waals surface area contributed by atoms with E-state index >= 15 is 0 Å². The summed E-state index contributed by atoms with van der Waals surface area (Å²) in [6, 6.07) is 3.37. The summed E-state index contributed by atoms with van der Waals surface area (Å²) < 4.78 is 15.8. The molecular weight excluding hydrogens is 200 g/mol. The van der Waals surface area contributed by atoms with Gasteiger partial charge in [-0.1, -0.05) is 0 Å². The fourth-order valence-corrected chi connectivity index (χ4v) is 1.26. The van der Waals surface area contributed by atoms with Crippen LogP contribution in [0.25, 0.3) is 6.08 Å². The van der Waals surface area contributed by atoms with Gasteiger partial charge in [0.15, 0.2) is 5.76 Å². The van der Waals surface area contributed by atoms with Gasteiger partial charge in [0.1, 0.15) is 5.76 Å². The molecule has 0 bridgehead atoms. The van der Waals surface area contributed by atoms with Gasteiger partial charge in [0.2, 0.25) is 6.29 Å². The maximum absolute atomic E-state index is 10.3. The number of ether oxygens (including phenoxy) is 2. The van der Waals surface area contributed by atoms with Crippen molar-refractivity contribution in [2.24, 2.45) is 0 Å². The monoisotopic (exact) mass is 210 g/mol. The molecule has 0 spiro atoms. The Hall–Kier alpha value is -1.59. The van der Waals surface area contributed by atoms with Crippen LogP contribution in [0.2, 0.25) is 0 Å². The summed E-state index contributed by atoms with van der Waals surface area (Å²) >= 11 is 0. The lowest BCUT2D eigenvalue weighted by molar-refractivity contribution is -0.131. The zero-order chi connectivity index (χ0) is 10.7. The van der Waals surface area contributed by atoms with Crippen LogP contribution in [0.3, 0.4) is 0 Å². The molecule has 2 rings (SSSR count). The van der Waals surface area contributed by atoms with Gasteiger partial charge >= 0.3 is 5.97 Å². The predicted octanol–water partition coefficient (Wildman–Crippen LogP) is 1.42. The molecule has 1 aromatic rings. The zero-order valence-electron chi connectivity index (χ0n) is 7.88. The standard InChI is InChI=1S/C10H10O5/c11-9(12)4-2-7-1-3-8(15-7)10-13-5-6-14-10/h1-4,10H,5-6H2,(H,11,12)/b4-2+. The third-order valence-electron chi connectivity index (χ3n) is 1.89. The molecule has 1 aliphatic heterocycles. The molecule has 0 aromatic carbocycles. The number of carboxylic acid groups (broad SMARTS) is 1. The van der Waals surface area contributed by atoms with Crippen molar-refractivity contribution in [2.75, 3.05) is 13.2 Å². The van der Waals surface area contributed by atoms with Gasteiger partial charge in [0, 0.05) is 6.08 Å². The number of carboxylic acids is 1. The molecule has 0 radical (unpaired) electrons. The van der Waals surface area contributed by atoms with E-state index in [4.69, 9.17) is 19.0 Å². The molecule has 0 atom stereocenters. The second-order valence-corrected chi connectivity index (χ2v) is 2.99.